The topological polar surface area (TPSA) is 214 Å². The van der Waals surface area contributed by atoms with E-state index in [-0.39, 0.29) is 22.3 Å². The van der Waals surface area contributed by atoms with Crippen LogP contribution < -0.4 is 0 Å². The minimum absolute atomic E-state index is 0.250. The molecule has 336 valence electrons. The second kappa shape index (κ2) is 22.0. The normalized spacial score (nSPS) is 11.0. The molecule has 0 amide bonds. The molecule has 0 unspecified atom stereocenters. The van der Waals surface area contributed by atoms with Crippen LogP contribution in [-0.4, -0.2) is 67.6 Å². The highest BCUT2D eigenvalue weighted by Gasteiger charge is 2.44. The number of aryl methyl sites for hydroxylation is 12. The molecule has 63 heavy (non-hydrogen) atoms. The first-order valence-corrected chi connectivity index (χ1v) is 23.8. The second-order valence-corrected chi connectivity index (χ2v) is 21.5. The van der Waals surface area contributed by atoms with Crippen LogP contribution in [-0.2, 0) is 23.5 Å². The third-order valence-corrected chi connectivity index (χ3v) is 15.6. The molecular formula is C49H58O12P2. The van der Waals surface area contributed by atoms with Crippen molar-refractivity contribution in [3.8, 4) is 0 Å². The lowest BCUT2D eigenvalue weighted by molar-refractivity contribution is -0.137. The Morgan fingerprint density at radius 3 is 0.698 bits per heavy atom. The van der Waals surface area contributed by atoms with Crippen LogP contribution >= 0.6 is 14.3 Å². The first kappa shape index (κ1) is 53.3. The largest absolute Gasteiger partial charge is 0.481 e. The molecule has 0 fully saturated rings. The van der Waals surface area contributed by atoms with Crippen LogP contribution in [0.3, 0.4) is 0 Å². The maximum atomic E-state index is 13.9. The minimum Gasteiger partial charge on any atom is -0.481 e. The van der Waals surface area contributed by atoms with E-state index in [0.29, 0.717) is 44.5 Å². The van der Waals surface area contributed by atoms with Gasteiger partial charge in [-0.15, -0.1) is 0 Å². The molecule has 0 radical (unpaired) electrons. The number of hydrogen-bond donors (Lipinski definition) is 3. The van der Waals surface area contributed by atoms with Crippen LogP contribution in [0.15, 0.2) is 61.2 Å². The van der Waals surface area contributed by atoms with Gasteiger partial charge < -0.3 is 24.4 Å². The van der Waals surface area contributed by atoms with Crippen molar-refractivity contribution in [2.75, 3.05) is 12.3 Å². The van der Waals surface area contributed by atoms with Gasteiger partial charge in [-0.25, -0.2) is 4.79 Å². The highest BCUT2D eigenvalue weighted by atomic mass is 31.2. The van der Waals surface area contributed by atoms with Crippen LogP contribution in [0, 0.1) is 83.1 Å². The van der Waals surface area contributed by atoms with Crippen LogP contribution in [0.5, 0.6) is 0 Å². The van der Waals surface area contributed by atoms with Crippen molar-refractivity contribution in [1.82, 2.24) is 0 Å². The lowest BCUT2D eigenvalue weighted by atomic mass is 10.0. The number of rotatable bonds is 15. The predicted molar refractivity (Wildman–Crippen MR) is 247 cm³/mol. The molecule has 4 aromatic rings. The summed E-state index contributed by atoms with van der Waals surface area (Å²) in [6, 6.07) is 14.4. The zero-order chi connectivity index (χ0) is 48.5. The van der Waals surface area contributed by atoms with Crippen molar-refractivity contribution >= 4 is 54.3 Å². The summed E-state index contributed by atoms with van der Waals surface area (Å²) in [5, 5.41) is 25.9. The number of carboxylic acid groups (broad SMARTS) is 3. The monoisotopic (exact) mass is 900 g/mol. The summed E-state index contributed by atoms with van der Waals surface area (Å²) in [4.78, 5) is 85.4. The first-order valence-electron chi connectivity index (χ1n) is 20.0. The van der Waals surface area contributed by atoms with Crippen molar-refractivity contribution in [3.63, 3.8) is 0 Å². The van der Waals surface area contributed by atoms with Crippen molar-refractivity contribution in [2.45, 2.75) is 95.9 Å². The molecule has 0 bridgehead atoms. The average molecular weight is 901 g/mol. The molecule has 0 spiro atoms. The number of hydrogen-bond acceptors (Lipinski definition) is 9. The molecule has 0 saturated carbocycles. The summed E-state index contributed by atoms with van der Waals surface area (Å²) < 4.78 is 27.9. The second-order valence-electron chi connectivity index (χ2n) is 16.1. The van der Waals surface area contributed by atoms with Crippen LogP contribution in [0.25, 0.3) is 0 Å². The number of carbonyl (C=O) groups is 7. The maximum absolute atomic E-state index is 13.9. The Balaban J connectivity index is 0.000000391. The van der Waals surface area contributed by atoms with Gasteiger partial charge in [0.05, 0.1) is 12.8 Å². The molecule has 4 rings (SSSR count). The van der Waals surface area contributed by atoms with Crippen LogP contribution in [0.2, 0.25) is 0 Å². The summed E-state index contributed by atoms with van der Waals surface area (Å²) >= 11 is 0. The number of carbonyl (C=O) groups excluding carboxylic acids is 4. The van der Waals surface area contributed by atoms with Gasteiger partial charge >= 0.3 is 17.9 Å². The molecular weight excluding hydrogens is 842 g/mol. The summed E-state index contributed by atoms with van der Waals surface area (Å²) in [6.07, 6.45) is -1.16. The van der Waals surface area contributed by atoms with Crippen molar-refractivity contribution < 1.29 is 58.0 Å². The molecule has 0 aliphatic carbocycles. The van der Waals surface area contributed by atoms with Crippen molar-refractivity contribution in [3.05, 3.63) is 150 Å². The molecule has 0 aliphatic heterocycles. The molecule has 12 nitrogen and oxygen atoms in total. The third kappa shape index (κ3) is 13.1. The lowest BCUT2D eigenvalue weighted by Gasteiger charge is -2.20. The average Bonchev–Trinajstić information content (AvgIpc) is 3.14. The standard InChI is InChI=1S/2C23H27O5P.C3H4O2/c2*1-13-9-15(3)20(16(4)10-13)22(26)29(28,8-7-19(24)25)23(27)21-17(5)11-14(2)12-18(21)6;1-2-3(4)5/h2*9-12H,7-8H2,1-6H3,(H,24,25);2H,1H2,(H,4,5). The summed E-state index contributed by atoms with van der Waals surface area (Å²) in [5.74, 6) is -3.37. The van der Waals surface area contributed by atoms with Gasteiger partial charge in [-0.1, -0.05) is 77.4 Å². The van der Waals surface area contributed by atoms with Gasteiger partial charge in [0, 0.05) is 40.7 Å². The van der Waals surface area contributed by atoms with Gasteiger partial charge in [-0.3, -0.25) is 28.8 Å². The Labute approximate surface area is 369 Å². The molecule has 0 aliphatic rings. The van der Waals surface area contributed by atoms with Crippen molar-refractivity contribution in [2.24, 2.45) is 0 Å². The Morgan fingerprint density at radius 2 is 0.571 bits per heavy atom. The zero-order valence-corrected chi connectivity index (χ0v) is 39.9. The molecule has 0 atom stereocenters. The quantitative estimate of drug-likeness (QED) is 0.0750. The molecule has 4 aromatic carbocycles. The Kier molecular flexibility index (Phi) is 18.6. The summed E-state index contributed by atoms with van der Waals surface area (Å²) in [6.45, 7) is 24.4. The Morgan fingerprint density at radius 1 is 0.413 bits per heavy atom. The zero-order valence-electron chi connectivity index (χ0n) is 38.1. The fraction of sp³-hybridized carbons (Fsp3) is 0.327. The first-order chi connectivity index (χ1) is 29.0. The van der Waals surface area contributed by atoms with E-state index < -0.39 is 79.5 Å². The molecule has 0 saturated heterocycles. The minimum atomic E-state index is -4.20. The number of aliphatic carboxylic acids is 3. The molecule has 0 heterocycles. The number of benzene rings is 4. The van der Waals surface area contributed by atoms with E-state index in [1.165, 1.54) is 0 Å². The van der Waals surface area contributed by atoms with Gasteiger partial charge in [-0.05, 0) is 128 Å². The van der Waals surface area contributed by atoms with Gasteiger partial charge in [0.25, 0.3) is 0 Å². The van der Waals surface area contributed by atoms with Gasteiger partial charge in [0.1, 0.15) is 0 Å². The van der Waals surface area contributed by atoms with Crippen LogP contribution in [0.4, 0.5) is 0 Å². The van der Waals surface area contributed by atoms with Gasteiger partial charge in [0.2, 0.25) is 36.4 Å². The van der Waals surface area contributed by atoms with E-state index in [1.807, 2.05) is 27.7 Å². The smallest absolute Gasteiger partial charge is 0.327 e. The third-order valence-electron chi connectivity index (χ3n) is 10.3. The van der Waals surface area contributed by atoms with E-state index in [2.05, 4.69) is 6.58 Å². The fourth-order valence-corrected chi connectivity index (χ4v) is 12.9. The lowest BCUT2D eigenvalue weighted by Crippen LogP contribution is -2.18. The molecule has 0 aromatic heterocycles. The van der Waals surface area contributed by atoms with E-state index >= 15 is 0 Å². The highest BCUT2D eigenvalue weighted by Crippen LogP contribution is 2.55. The van der Waals surface area contributed by atoms with E-state index in [4.69, 9.17) is 15.3 Å². The maximum Gasteiger partial charge on any atom is 0.327 e. The summed E-state index contributed by atoms with van der Waals surface area (Å²) in [7, 11) is -8.39. The van der Waals surface area contributed by atoms with E-state index in [1.54, 1.807) is 104 Å². The van der Waals surface area contributed by atoms with Gasteiger partial charge in [-0.2, -0.15) is 0 Å². The van der Waals surface area contributed by atoms with Crippen molar-refractivity contribution in [1.29, 1.82) is 0 Å². The van der Waals surface area contributed by atoms with Crippen LogP contribution in [0.1, 0.15) is 121 Å². The fourth-order valence-electron chi connectivity index (χ4n) is 7.89. The van der Waals surface area contributed by atoms with E-state index in [9.17, 15) is 42.7 Å². The van der Waals surface area contributed by atoms with E-state index in [0.717, 1.165) is 28.3 Å². The highest BCUT2D eigenvalue weighted by molar-refractivity contribution is 7.95. The molecule has 14 heteroatoms. The Hall–Kier alpha value is -5.83. The van der Waals surface area contributed by atoms with Gasteiger partial charge in [0.15, 0.2) is 0 Å². The predicted octanol–water partition coefficient (Wildman–Crippen LogP) is 11.0. The Bertz CT molecular complexity index is 2220. The summed E-state index contributed by atoms with van der Waals surface area (Å²) in [5.41, 5.74) is 6.86. The number of carboxylic acids is 3. The SMILES string of the molecule is C=CC(=O)O.Cc1cc(C)c(C(=O)P(=O)(CCC(=O)O)C(=O)c2c(C)cc(C)cc2C)c(C)c1.Cc1cc(C)c(C(=O)P(=O)(CCC(=O)O)C(=O)c2c(C)cc(C)cc2C)c(C)c1. The molecule has 3 N–H and O–H groups in total.